The molecular weight excluding hydrogens is 325 g/mol. The predicted molar refractivity (Wildman–Crippen MR) is 89.6 cm³/mol. The van der Waals surface area contributed by atoms with Crippen LogP contribution < -0.4 is 14.9 Å². The number of hydrazone groups is 1. The lowest BCUT2D eigenvalue weighted by atomic mass is 10.2. The maximum absolute atomic E-state index is 6.00. The fourth-order valence-corrected chi connectivity index (χ4v) is 2.13. The summed E-state index contributed by atoms with van der Waals surface area (Å²) in [5.41, 5.74) is 3.61. The summed E-state index contributed by atoms with van der Waals surface area (Å²) in [5.74, 6) is 1.77. The van der Waals surface area contributed by atoms with E-state index < -0.39 is 0 Å². The maximum Gasteiger partial charge on any atom is 0.165 e. The summed E-state index contributed by atoms with van der Waals surface area (Å²) in [6.07, 6.45) is 3.13. The van der Waals surface area contributed by atoms with Gasteiger partial charge in [0.1, 0.15) is 0 Å². The Bertz CT molecular complexity index is 678. The van der Waals surface area contributed by atoms with Crippen molar-refractivity contribution in [1.82, 2.24) is 4.98 Å². The van der Waals surface area contributed by atoms with Crippen molar-refractivity contribution in [2.24, 2.45) is 5.10 Å². The van der Waals surface area contributed by atoms with Crippen molar-refractivity contribution in [2.75, 3.05) is 19.1 Å². The first kappa shape index (κ1) is 16.4. The topological polar surface area (TPSA) is 55.7 Å². The molecule has 0 aliphatic rings. The predicted octanol–water partition coefficient (Wildman–Crippen LogP) is 4.24. The Morgan fingerprint density at radius 1 is 1.27 bits per heavy atom. The average molecular weight is 340 g/mol. The van der Waals surface area contributed by atoms with E-state index in [1.54, 1.807) is 19.4 Å². The molecule has 0 radical (unpaired) electrons. The molecule has 0 aliphatic heterocycles. The second-order valence-electron chi connectivity index (χ2n) is 4.20. The van der Waals surface area contributed by atoms with Crippen LogP contribution in [0.4, 0.5) is 5.82 Å². The second-order valence-corrected chi connectivity index (χ2v) is 5.04. The van der Waals surface area contributed by atoms with Gasteiger partial charge in [0, 0.05) is 6.20 Å². The lowest BCUT2D eigenvalue weighted by Crippen LogP contribution is -1.97. The monoisotopic (exact) mass is 339 g/mol. The summed E-state index contributed by atoms with van der Waals surface area (Å²) in [6.45, 7) is 2.47. The Hall–Kier alpha value is -1.98. The van der Waals surface area contributed by atoms with Gasteiger partial charge in [-0.25, -0.2) is 4.98 Å². The highest BCUT2D eigenvalue weighted by Crippen LogP contribution is 2.27. The molecule has 0 aliphatic carbocycles. The molecular formula is C15H15Cl2N3O2. The summed E-state index contributed by atoms with van der Waals surface area (Å²) in [5, 5.41) is 4.96. The van der Waals surface area contributed by atoms with Gasteiger partial charge in [0.2, 0.25) is 0 Å². The molecule has 1 N–H and O–H groups in total. The Morgan fingerprint density at radius 3 is 2.77 bits per heavy atom. The van der Waals surface area contributed by atoms with Gasteiger partial charge in [0.15, 0.2) is 17.3 Å². The summed E-state index contributed by atoms with van der Waals surface area (Å²) < 4.78 is 10.7. The van der Waals surface area contributed by atoms with E-state index in [2.05, 4.69) is 15.5 Å². The zero-order valence-corrected chi connectivity index (χ0v) is 13.6. The Labute approximate surface area is 138 Å². The standard InChI is InChI=1S/C15H15Cl2N3O2/c1-3-22-14-6-10(4-5-13(14)21-2)8-19-20-15-12(17)7-11(16)9-18-15/h4-9H,3H2,1-2H3,(H,18,20)/b19-8-. The van der Waals surface area contributed by atoms with Crippen LogP contribution in [0.5, 0.6) is 11.5 Å². The van der Waals surface area contributed by atoms with E-state index in [9.17, 15) is 0 Å². The van der Waals surface area contributed by atoms with Crippen molar-refractivity contribution in [3.8, 4) is 11.5 Å². The Balaban J connectivity index is 2.11. The van der Waals surface area contributed by atoms with E-state index in [1.807, 2.05) is 25.1 Å². The normalized spacial score (nSPS) is 10.7. The van der Waals surface area contributed by atoms with Gasteiger partial charge in [-0.05, 0) is 36.8 Å². The number of methoxy groups -OCH3 is 1. The summed E-state index contributed by atoms with van der Waals surface area (Å²) >= 11 is 11.8. The summed E-state index contributed by atoms with van der Waals surface area (Å²) in [4.78, 5) is 4.05. The number of anilines is 1. The van der Waals surface area contributed by atoms with Crippen molar-refractivity contribution in [1.29, 1.82) is 0 Å². The van der Waals surface area contributed by atoms with Crippen LogP contribution in [-0.2, 0) is 0 Å². The van der Waals surface area contributed by atoms with Gasteiger partial charge in [0.05, 0.1) is 30.0 Å². The van der Waals surface area contributed by atoms with Gasteiger partial charge in [-0.2, -0.15) is 5.10 Å². The van der Waals surface area contributed by atoms with E-state index in [1.165, 1.54) is 6.20 Å². The number of nitrogens with zero attached hydrogens (tertiary/aromatic N) is 2. The quantitative estimate of drug-likeness (QED) is 0.631. The molecule has 0 atom stereocenters. The Kier molecular flexibility index (Phi) is 5.86. The van der Waals surface area contributed by atoms with Crippen LogP contribution in [-0.4, -0.2) is 24.9 Å². The maximum atomic E-state index is 6.00. The third-order valence-corrected chi connectivity index (χ3v) is 3.17. The highest BCUT2D eigenvalue weighted by atomic mass is 35.5. The third-order valence-electron chi connectivity index (χ3n) is 2.68. The minimum absolute atomic E-state index is 0.398. The van der Waals surface area contributed by atoms with Gasteiger partial charge in [-0.1, -0.05) is 23.2 Å². The number of hydrogen-bond donors (Lipinski definition) is 1. The van der Waals surface area contributed by atoms with Crippen molar-refractivity contribution < 1.29 is 9.47 Å². The largest absolute Gasteiger partial charge is 0.493 e. The fraction of sp³-hybridized carbons (Fsp3) is 0.200. The van der Waals surface area contributed by atoms with Crippen LogP contribution in [0, 0.1) is 0 Å². The molecule has 0 saturated carbocycles. The first-order valence-electron chi connectivity index (χ1n) is 6.55. The molecule has 1 aromatic heterocycles. The number of halogens is 2. The number of nitrogens with one attached hydrogen (secondary N) is 1. The molecule has 2 aromatic rings. The van der Waals surface area contributed by atoms with E-state index in [-0.39, 0.29) is 0 Å². The SMILES string of the molecule is CCOc1cc(/C=N\Nc2ncc(Cl)cc2Cl)ccc1OC. The first-order valence-corrected chi connectivity index (χ1v) is 7.30. The van der Waals surface area contributed by atoms with Gasteiger partial charge in [-0.15, -0.1) is 0 Å². The van der Waals surface area contributed by atoms with E-state index in [0.29, 0.717) is 34.0 Å². The molecule has 116 valence electrons. The number of hydrogen-bond acceptors (Lipinski definition) is 5. The zero-order valence-electron chi connectivity index (χ0n) is 12.1. The van der Waals surface area contributed by atoms with Crippen LogP contribution in [0.2, 0.25) is 10.0 Å². The van der Waals surface area contributed by atoms with Crippen LogP contribution in [0.15, 0.2) is 35.6 Å². The van der Waals surface area contributed by atoms with Gasteiger partial charge >= 0.3 is 0 Å². The molecule has 0 saturated heterocycles. The highest BCUT2D eigenvalue weighted by molar-refractivity contribution is 6.35. The van der Waals surface area contributed by atoms with Crippen LogP contribution >= 0.6 is 23.2 Å². The summed E-state index contributed by atoms with van der Waals surface area (Å²) in [6, 6.07) is 7.11. The fourth-order valence-electron chi connectivity index (χ4n) is 1.71. The lowest BCUT2D eigenvalue weighted by Gasteiger charge is -2.09. The first-order chi connectivity index (χ1) is 10.6. The zero-order chi connectivity index (χ0) is 15.9. The van der Waals surface area contributed by atoms with Gasteiger partial charge in [-0.3, -0.25) is 5.43 Å². The summed E-state index contributed by atoms with van der Waals surface area (Å²) in [7, 11) is 1.60. The van der Waals surface area contributed by atoms with E-state index >= 15 is 0 Å². The van der Waals surface area contributed by atoms with Crippen LogP contribution in [0.1, 0.15) is 12.5 Å². The number of rotatable bonds is 6. The molecule has 0 bridgehead atoms. The van der Waals surface area contributed by atoms with Crippen molar-refractivity contribution >= 4 is 35.2 Å². The van der Waals surface area contributed by atoms with Crippen LogP contribution in [0.25, 0.3) is 0 Å². The van der Waals surface area contributed by atoms with E-state index in [4.69, 9.17) is 32.7 Å². The van der Waals surface area contributed by atoms with Gasteiger partial charge in [0.25, 0.3) is 0 Å². The van der Waals surface area contributed by atoms with Gasteiger partial charge < -0.3 is 9.47 Å². The lowest BCUT2D eigenvalue weighted by molar-refractivity contribution is 0.311. The molecule has 0 fully saturated rings. The number of ether oxygens (including phenoxy) is 2. The number of aromatic nitrogens is 1. The number of benzene rings is 1. The molecule has 1 heterocycles. The highest BCUT2D eigenvalue weighted by Gasteiger charge is 2.04. The molecule has 0 spiro atoms. The minimum Gasteiger partial charge on any atom is -0.493 e. The molecule has 2 rings (SSSR count). The molecule has 1 aromatic carbocycles. The second kappa shape index (κ2) is 7.87. The average Bonchev–Trinajstić information content (AvgIpc) is 2.50. The molecule has 0 amide bonds. The molecule has 5 nitrogen and oxygen atoms in total. The smallest absolute Gasteiger partial charge is 0.165 e. The van der Waals surface area contributed by atoms with Crippen molar-refractivity contribution in [2.45, 2.75) is 6.92 Å². The molecule has 7 heteroatoms. The van der Waals surface area contributed by atoms with Crippen LogP contribution in [0.3, 0.4) is 0 Å². The Morgan fingerprint density at radius 2 is 2.09 bits per heavy atom. The molecule has 0 unspecified atom stereocenters. The molecule has 22 heavy (non-hydrogen) atoms. The van der Waals surface area contributed by atoms with E-state index in [0.717, 1.165) is 5.56 Å². The third kappa shape index (κ3) is 4.26. The number of pyridine rings is 1. The van der Waals surface area contributed by atoms with Crippen molar-refractivity contribution in [3.05, 3.63) is 46.1 Å². The van der Waals surface area contributed by atoms with Crippen molar-refractivity contribution in [3.63, 3.8) is 0 Å². The minimum atomic E-state index is 0.398.